The maximum atomic E-state index is 15.2. The number of carboxylic acids is 1. The number of carbonyl (C=O) groups excluding carboxylic acids is 2. The number of carboxylic acid groups (broad SMARTS) is 1. The van der Waals surface area contributed by atoms with Gasteiger partial charge >= 0.3 is 18.3 Å². The van der Waals surface area contributed by atoms with Crippen molar-refractivity contribution < 1.29 is 60.4 Å². The largest absolute Gasteiger partial charge is 0.493 e. The van der Waals surface area contributed by atoms with E-state index in [1.807, 2.05) is 0 Å². The zero-order chi connectivity index (χ0) is 42.4. The van der Waals surface area contributed by atoms with Crippen LogP contribution >= 0.6 is 11.3 Å². The fourth-order valence-electron chi connectivity index (χ4n) is 9.95. The van der Waals surface area contributed by atoms with E-state index in [0.29, 0.717) is 54.8 Å². The molecule has 59 heavy (non-hydrogen) atoms. The fourth-order valence-corrected chi connectivity index (χ4v) is 10.6. The van der Waals surface area contributed by atoms with Crippen LogP contribution in [0.5, 0.6) is 11.5 Å². The summed E-state index contributed by atoms with van der Waals surface area (Å²) < 4.78 is 96.6. The zero-order valence-corrected chi connectivity index (χ0v) is 33.4. The molecule has 2 N–H and O–H groups in total. The van der Waals surface area contributed by atoms with Crippen molar-refractivity contribution in [2.75, 3.05) is 26.2 Å². The van der Waals surface area contributed by atoms with Gasteiger partial charge in [-0.25, -0.2) is 0 Å². The van der Waals surface area contributed by atoms with Crippen molar-refractivity contribution in [2.24, 2.45) is 11.3 Å². The number of para-hydroxylation sites is 1. The van der Waals surface area contributed by atoms with Gasteiger partial charge in [-0.05, 0) is 75.5 Å². The van der Waals surface area contributed by atoms with Crippen molar-refractivity contribution in [1.82, 2.24) is 14.8 Å². The number of pyridine rings is 1. The third-order valence-corrected chi connectivity index (χ3v) is 14.0. The Bertz CT molecular complexity index is 2040. The average Bonchev–Trinajstić information content (AvgIpc) is 3.48. The Hall–Kier alpha value is -4.38. The minimum atomic E-state index is -4.92. The molecule has 320 valence electrons. The fraction of sp³-hybridized carbons (Fsp3) is 0.571. The predicted octanol–water partition coefficient (Wildman–Crippen LogP) is 8.72. The van der Waals surface area contributed by atoms with E-state index in [4.69, 9.17) is 9.47 Å². The number of hydrogen-bond donors (Lipinski definition) is 2. The highest BCUT2D eigenvalue weighted by Gasteiger charge is 2.76. The Morgan fingerprint density at radius 1 is 0.932 bits per heavy atom. The van der Waals surface area contributed by atoms with Crippen LogP contribution in [-0.4, -0.2) is 80.2 Å². The van der Waals surface area contributed by atoms with Crippen molar-refractivity contribution in [3.8, 4) is 11.5 Å². The average molecular weight is 852 g/mol. The molecule has 2 saturated carbocycles. The second-order valence-electron chi connectivity index (χ2n) is 16.3. The third kappa shape index (κ3) is 7.77. The van der Waals surface area contributed by atoms with Crippen LogP contribution in [0.1, 0.15) is 110 Å². The van der Waals surface area contributed by atoms with Gasteiger partial charge in [0.15, 0.2) is 0 Å². The number of nitrogens with zero attached hydrogens (tertiary/aromatic N) is 3. The van der Waals surface area contributed by atoms with Crippen molar-refractivity contribution in [3.05, 3.63) is 75.7 Å². The minimum absolute atomic E-state index is 0.0212. The molecule has 3 atom stereocenters. The van der Waals surface area contributed by atoms with Gasteiger partial charge in [0.05, 0.1) is 28.7 Å². The van der Waals surface area contributed by atoms with Crippen LogP contribution in [0.25, 0.3) is 0 Å². The molecule has 0 unspecified atom stereocenters. The van der Waals surface area contributed by atoms with Gasteiger partial charge in [0, 0.05) is 49.3 Å². The van der Waals surface area contributed by atoms with E-state index in [0.717, 1.165) is 42.6 Å². The Morgan fingerprint density at radius 2 is 1.64 bits per heavy atom. The summed E-state index contributed by atoms with van der Waals surface area (Å²) in [4.78, 5) is 47.1. The SMILES string of the molecule is CC[C@@H]1C[C@]12N(C(=O)c1ncccc1C(F)(F)F)CCC[C@@]2(Oc1csc(C(F)(F)F)c1)C(=O)N1CCC(O)(c2ccccc2OCCCC2(C(=O)O)CCCC2)CC1. The molecular formula is C42H47F6N3O7S. The Kier molecular flexibility index (Phi) is 11.5. The van der Waals surface area contributed by atoms with Crippen LogP contribution in [-0.2, 0) is 27.5 Å². The smallest absolute Gasteiger partial charge is 0.425 e. The standard InChI is InChI=1S/C42H47F6N3O7S/c1-2-27-25-39(27)40(58-28-24-32(59-26-28)42(46,47)48,16-8-20-51(39)34(52)33-30(41(43,44)45)11-7-19-49-33)35(53)50-21-17-38(56,18-22-50)29-10-3-4-12-31(29)57-23-9-15-37(36(54)55)13-5-6-14-37/h3-4,7,10-12,19,24,26-27,56H,2,5-6,8-9,13-18,20-23,25H2,1H3,(H,54,55)/t27-,39+,40-/m1/s1. The van der Waals surface area contributed by atoms with Crippen LogP contribution < -0.4 is 9.47 Å². The quantitative estimate of drug-likeness (QED) is 0.137. The molecule has 3 aromatic rings. The first-order valence-corrected chi connectivity index (χ1v) is 21.0. The number of benzene rings is 1. The highest BCUT2D eigenvalue weighted by Crippen LogP contribution is 2.63. The third-order valence-electron chi connectivity index (χ3n) is 13.0. The second-order valence-corrected chi connectivity index (χ2v) is 17.2. The van der Waals surface area contributed by atoms with E-state index in [2.05, 4.69) is 4.98 Å². The van der Waals surface area contributed by atoms with Crippen molar-refractivity contribution in [2.45, 2.75) is 113 Å². The molecule has 2 saturated heterocycles. The number of hydrogen-bond acceptors (Lipinski definition) is 8. The number of amides is 2. The molecular weight excluding hydrogens is 805 g/mol. The maximum absolute atomic E-state index is 15.2. The number of alkyl halides is 6. The summed E-state index contributed by atoms with van der Waals surface area (Å²) in [6.45, 7) is 1.95. The molecule has 17 heteroatoms. The summed E-state index contributed by atoms with van der Waals surface area (Å²) >= 11 is 0.378. The topological polar surface area (TPSA) is 130 Å². The molecule has 0 bridgehead atoms. The number of aliphatic hydroxyl groups is 1. The van der Waals surface area contributed by atoms with Crippen molar-refractivity contribution in [3.63, 3.8) is 0 Å². The molecule has 2 aliphatic carbocycles. The lowest BCUT2D eigenvalue weighted by atomic mass is 9.76. The first-order valence-electron chi connectivity index (χ1n) is 20.1. The molecule has 4 aliphatic rings. The molecule has 7 rings (SSSR count). The number of halogens is 6. The van der Waals surface area contributed by atoms with E-state index in [1.165, 1.54) is 9.80 Å². The molecule has 2 aliphatic heterocycles. The van der Waals surface area contributed by atoms with Crippen LogP contribution in [0, 0.1) is 11.3 Å². The van der Waals surface area contributed by atoms with Gasteiger partial charge < -0.3 is 29.5 Å². The summed E-state index contributed by atoms with van der Waals surface area (Å²) in [7, 11) is 0. The van der Waals surface area contributed by atoms with E-state index < -0.39 is 74.3 Å². The van der Waals surface area contributed by atoms with E-state index in [9.17, 15) is 46.1 Å². The van der Waals surface area contributed by atoms with Gasteiger partial charge in [0.25, 0.3) is 11.8 Å². The number of piperidine rings is 2. The second kappa shape index (κ2) is 15.9. The molecule has 4 heterocycles. The van der Waals surface area contributed by atoms with Crippen LogP contribution in [0.4, 0.5) is 26.3 Å². The van der Waals surface area contributed by atoms with E-state index in [1.54, 1.807) is 31.2 Å². The van der Waals surface area contributed by atoms with Gasteiger partial charge in [-0.1, -0.05) is 44.4 Å². The number of aliphatic carboxylic acids is 1. The lowest BCUT2D eigenvalue weighted by Gasteiger charge is -2.52. The first-order chi connectivity index (χ1) is 27.9. The van der Waals surface area contributed by atoms with E-state index >= 15 is 4.79 Å². The molecule has 0 radical (unpaired) electrons. The van der Waals surface area contributed by atoms with Crippen molar-refractivity contribution in [1.29, 1.82) is 0 Å². The summed E-state index contributed by atoms with van der Waals surface area (Å²) in [5, 5.41) is 23.1. The number of thiophene rings is 1. The van der Waals surface area contributed by atoms with Gasteiger partial charge in [-0.15, -0.1) is 11.3 Å². The number of rotatable bonds is 12. The van der Waals surface area contributed by atoms with Gasteiger partial charge in [0.2, 0.25) is 5.60 Å². The normalized spacial score (nSPS) is 25.2. The maximum Gasteiger partial charge on any atom is 0.425 e. The highest BCUT2D eigenvalue weighted by atomic mass is 32.1. The lowest BCUT2D eigenvalue weighted by Crippen LogP contribution is -2.71. The number of aromatic nitrogens is 1. The molecule has 1 aromatic carbocycles. The molecule has 4 fully saturated rings. The lowest BCUT2D eigenvalue weighted by molar-refractivity contribution is -0.166. The zero-order valence-electron chi connectivity index (χ0n) is 32.5. The number of carbonyl (C=O) groups is 3. The summed E-state index contributed by atoms with van der Waals surface area (Å²) in [6, 6.07) is 9.55. The van der Waals surface area contributed by atoms with Gasteiger partial charge in [0.1, 0.15) is 22.1 Å². The summed E-state index contributed by atoms with van der Waals surface area (Å²) in [6.07, 6.45) is -3.93. The molecule has 2 aromatic heterocycles. The molecule has 2 amide bonds. The summed E-state index contributed by atoms with van der Waals surface area (Å²) in [5.41, 5.74) is -7.32. The van der Waals surface area contributed by atoms with Crippen molar-refractivity contribution >= 4 is 29.1 Å². The van der Waals surface area contributed by atoms with Gasteiger partial charge in [-0.3, -0.25) is 19.4 Å². The Morgan fingerprint density at radius 3 is 2.27 bits per heavy atom. The predicted molar refractivity (Wildman–Crippen MR) is 203 cm³/mol. The van der Waals surface area contributed by atoms with Crippen LogP contribution in [0.2, 0.25) is 0 Å². The molecule has 10 nitrogen and oxygen atoms in total. The number of likely N-dealkylation sites (tertiary alicyclic amines) is 2. The van der Waals surface area contributed by atoms with E-state index in [-0.39, 0.29) is 64.1 Å². The first kappa shape index (κ1) is 42.7. The monoisotopic (exact) mass is 851 g/mol. The highest BCUT2D eigenvalue weighted by molar-refractivity contribution is 7.10. The minimum Gasteiger partial charge on any atom is -0.493 e. The van der Waals surface area contributed by atoms with Gasteiger partial charge in [-0.2, -0.15) is 26.3 Å². The Labute approximate surface area is 341 Å². The Balaban J connectivity index is 1.16. The van der Waals surface area contributed by atoms with Crippen LogP contribution in [0.15, 0.2) is 54.0 Å². The summed E-state index contributed by atoms with van der Waals surface area (Å²) in [5.74, 6) is -2.76. The van der Waals surface area contributed by atoms with Crippen LogP contribution in [0.3, 0.4) is 0 Å². The number of ether oxygens (including phenoxy) is 2. The molecule has 1 spiro atoms.